The maximum Gasteiger partial charge on any atom is 0.265 e. The first-order valence-electron chi connectivity index (χ1n) is 5.71. The molecule has 0 aliphatic heterocycles. The van der Waals surface area contributed by atoms with Gasteiger partial charge in [-0.3, -0.25) is 9.40 Å². The Labute approximate surface area is 121 Å². The smallest absolute Gasteiger partial charge is 0.265 e. The Morgan fingerprint density at radius 1 is 1.50 bits per heavy atom. The molecule has 2 aromatic rings. The minimum atomic E-state index is -3.80. The fourth-order valence-corrected chi connectivity index (χ4v) is 2.75. The van der Waals surface area contributed by atoms with Gasteiger partial charge in [-0.15, -0.1) is 0 Å². The van der Waals surface area contributed by atoms with Gasteiger partial charge < -0.3 is 0 Å². The van der Waals surface area contributed by atoms with E-state index in [1.54, 1.807) is 0 Å². The van der Waals surface area contributed by atoms with Crippen molar-refractivity contribution in [2.75, 3.05) is 4.72 Å². The van der Waals surface area contributed by atoms with Gasteiger partial charge in [-0.2, -0.15) is 10.4 Å². The number of hydrogen-bond donors (Lipinski definition) is 1. The molecule has 0 saturated heterocycles. The SMILES string of the molecule is CCn1cc(S(=O)(=O)Nc2cc(Cl)ccc2C#N)cn1. The van der Waals surface area contributed by atoms with E-state index in [4.69, 9.17) is 16.9 Å². The zero-order valence-corrected chi connectivity index (χ0v) is 12.1. The van der Waals surface area contributed by atoms with Crippen LogP contribution >= 0.6 is 11.6 Å². The van der Waals surface area contributed by atoms with Crippen molar-refractivity contribution in [2.24, 2.45) is 0 Å². The van der Waals surface area contributed by atoms with Gasteiger partial charge in [-0.05, 0) is 25.1 Å². The molecule has 0 unspecified atom stereocenters. The molecule has 0 bridgehead atoms. The molecule has 0 aliphatic carbocycles. The quantitative estimate of drug-likeness (QED) is 0.938. The first-order valence-corrected chi connectivity index (χ1v) is 7.57. The highest BCUT2D eigenvalue weighted by atomic mass is 35.5. The molecule has 0 radical (unpaired) electrons. The van der Waals surface area contributed by atoms with E-state index in [-0.39, 0.29) is 16.1 Å². The largest absolute Gasteiger partial charge is 0.278 e. The molecule has 0 spiro atoms. The van der Waals surface area contributed by atoms with Gasteiger partial charge in [0.15, 0.2) is 0 Å². The molecule has 0 amide bonds. The third-order valence-corrected chi connectivity index (χ3v) is 4.15. The molecule has 1 aromatic carbocycles. The highest BCUT2D eigenvalue weighted by Gasteiger charge is 2.18. The van der Waals surface area contributed by atoms with Crippen LogP contribution in [0.5, 0.6) is 0 Å². The maximum absolute atomic E-state index is 12.2. The second-order valence-electron chi connectivity index (χ2n) is 3.94. The second kappa shape index (κ2) is 5.53. The van der Waals surface area contributed by atoms with E-state index in [9.17, 15) is 8.42 Å². The minimum Gasteiger partial charge on any atom is -0.278 e. The van der Waals surface area contributed by atoms with Crippen molar-refractivity contribution in [3.8, 4) is 6.07 Å². The van der Waals surface area contributed by atoms with E-state index in [2.05, 4.69) is 9.82 Å². The molecule has 0 saturated carbocycles. The van der Waals surface area contributed by atoms with Crippen molar-refractivity contribution < 1.29 is 8.42 Å². The van der Waals surface area contributed by atoms with Crippen LogP contribution in [0.2, 0.25) is 5.02 Å². The van der Waals surface area contributed by atoms with Gasteiger partial charge in [0.25, 0.3) is 10.0 Å². The Kier molecular flexibility index (Phi) is 3.97. The van der Waals surface area contributed by atoms with E-state index >= 15 is 0 Å². The van der Waals surface area contributed by atoms with Crippen LogP contribution in [0.4, 0.5) is 5.69 Å². The van der Waals surface area contributed by atoms with E-state index in [0.29, 0.717) is 11.6 Å². The molecule has 8 heteroatoms. The molecular formula is C12H11ClN4O2S. The summed E-state index contributed by atoms with van der Waals surface area (Å²) in [5, 5.41) is 13.2. The zero-order valence-electron chi connectivity index (χ0n) is 10.5. The Balaban J connectivity index is 2.38. The van der Waals surface area contributed by atoms with Gasteiger partial charge in [0.1, 0.15) is 11.0 Å². The minimum absolute atomic E-state index is 0.0308. The summed E-state index contributed by atoms with van der Waals surface area (Å²) in [5.41, 5.74) is 0.338. The van der Waals surface area contributed by atoms with Gasteiger partial charge in [0.2, 0.25) is 0 Å². The molecule has 1 aromatic heterocycles. The summed E-state index contributed by atoms with van der Waals surface area (Å²) in [5.74, 6) is 0. The lowest BCUT2D eigenvalue weighted by atomic mass is 10.2. The monoisotopic (exact) mass is 310 g/mol. The molecule has 104 valence electrons. The number of rotatable bonds is 4. The van der Waals surface area contributed by atoms with Gasteiger partial charge in [0.05, 0.1) is 17.4 Å². The van der Waals surface area contributed by atoms with Gasteiger partial charge in [0, 0.05) is 17.8 Å². The standard InChI is InChI=1S/C12H11ClN4O2S/c1-2-17-8-11(7-15-17)20(18,19)16-12-5-10(13)4-3-9(12)6-14/h3-5,7-8,16H,2H2,1H3. The van der Waals surface area contributed by atoms with Gasteiger partial charge in [-0.25, -0.2) is 8.42 Å². The molecule has 1 heterocycles. The highest BCUT2D eigenvalue weighted by Crippen LogP contribution is 2.23. The molecular weight excluding hydrogens is 300 g/mol. The summed E-state index contributed by atoms with van der Waals surface area (Å²) < 4.78 is 28.2. The number of aryl methyl sites for hydroxylation is 1. The zero-order chi connectivity index (χ0) is 14.8. The molecule has 2 rings (SSSR count). The van der Waals surface area contributed by atoms with Crippen molar-refractivity contribution >= 4 is 27.3 Å². The van der Waals surface area contributed by atoms with Crippen molar-refractivity contribution in [3.05, 3.63) is 41.2 Å². The number of sulfonamides is 1. The first-order chi connectivity index (χ1) is 9.46. The summed E-state index contributed by atoms with van der Waals surface area (Å²) in [7, 11) is -3.80. The molecule has 0 aliphatic rings. The molecule has 20 heavy (non-hydrogen) atoms. The normalized spacial score (nSPS) is 11.1. The van der Waals surface area contributed by atoms with Gasteiger partial charge >= 0.3 is 0 Å². The predicted molar refractivity (Wildman–Crippen MR) is 74.9 cm³/mol. The average Bonchev–Trinajstić information content (AvgIpc) is 2.88. The van der Waals surface area contributed by atoms with Crippen LogP contribution in [-0.4, -0.2) is 18.2 Å². The second-order valence-corrected chi connectivity index (χ2v) is 6.06. The van der Waals surface area contributed by atoms with Crippen LogP contribution in [-0.2, 0) is 16.6 Å². The Bertz CT molecular complexity index is 777. The summed E-state index contributed by atoms with van der Waals surface area (Å²) in [6, 6.07) is 6.27. The third-order valence-electron chi connectivity index (χ3n) is 2.59. The predicted octanol–water partition coefficient (Wildman–Crippen LogP) is 2.23. The Hall–Kier alpha value is -2.04. The fourth-order valence-electron chi connectivity index (χ4n) is 1.56. The maximum atomic E-state index is 12.2. The van der Waals surface area contributed by atoms with Crippen LogP contribution in [0.3, 0.4) is 0 Å². The molecule has 6 nitrogen and oxygen atoms in total. The number of benzene rings is 1. The Morgan fingerprint density at radius 3 is 2.85 bits per heavy atom. The number of halogens is 1. The van der Waals surface area contributed by atoms with Gasteiger partial charge in [-0.1, -0.05) is 11.6 Å². The van der Waals surface area contributed by atoms with E-state index in [1.165, 1.54) is 35.3 Å². The Morgan fingerprint density at radius 2 is 2.25 bits per heavy atom. The lowest BCUT2D eigenvalue weighted by Crippen LogP contribution is -2.13. The third kappa shape index (κ3) is 2.92. The highest BCUT2D eigenvalue weighted by molar-refractivity contribution is 7.92. The van der Waals surface area contributed by atoms with Crippen LogP contribution in [0, 0.1) is 11.3 Å². The van der Waals surface area contributed by atoms with Crippen molar-refractivity contribution in [1.29, 1.82) is 5.26 Å². The van der Waals surface area contributed by atoms with Crippen molar-refractivity contribution in [2.45, 2.75) is 18.4 Å². The van der Waals surface area contributed by atoms with Crippen molar-refractivity contribution in [1.82, 2.24) is 9.78 Å². The van der Waals surface area contributed by atoms with E-state index in [0.717, 1.165) is 0 Å². The number of hydrogen-bond acceptors (Lipinski definition) is 4. The number of anilines is 1. The first kappa shape index (κ1) is 14.4. The molecule has 0 fully saturated rings. The lowest BCUT2D eigenvalue weighted by Gasteiger charge is -2.08. The van der Waals surface area contributed by atoms with Crippen LogP contribution < -0.4 is 4.72 Å². The summed E-state index contributed by atoms with van der Waals surface area (Å²) in [6.45, 7) is 2.41. The van der Waals surface area contributed by atoms with Crippen molar-refractivity contribution in [3.63, 3.8) is 0 Å². The van der Waals surface area contributed by atoms with Crippen LogP contribution in [0.15, 0.2) is 35.5 Å². The van der Waals surface area contributed by atoms with E-state index < -0.39 is 10.0 Å². The lowest BCUT2D eigenvalue weighted by molar-refractivity contribution is 0.600. The number of nitrogens with one attached hydrogen (secondary N) is 1. The van der Waals surface area contributed by atoms with E-state index in [1.807, 2.05) is 13.0 Å². The summed E-state index contributed by atoms with van der Waals surface area (Å²) >= 11 is 5.81. The summed E-state index contributed by atoms with van der Waals surface area (Å²) in [6.07, 6.45) is 2.67. The topological polar surface area (TPSA) is 87.8 Å². The number of nitriles is 1. The average molecular weight is 311 g/mol. The molecule has 0 atom stereocenters. The molecule has 1 N–H and O–H groups in total. The fraction of sp³-hybridized carbons (Fsp3) is 0.167. The van der Waals surface area contributed by atoms with Crippen LogP contribution in [0.1, 0.15) is 12.5 Å². The summed E-state index contributed by atoms with van der Waals surface area (Å²) in [4.78, 5) is 0.0308. The van der Waals surface area contributed by atoms with Crippen LogP contribution in [0.25, 0.3) is 0 Å². The number of aromatic nitrogens is 2. The number of nitrogens with zero attached hydrogens (tertiary/aromatic N) is 3.